The van der Waals surface area contributed by atoms with E-state index in [0.29, 0.717) is 10.6 Å². The van der Waals surface area contributed by atoms with Crippen LogP contribution in [-0.2, 0) is 6.42 Å². The molecule has 1 amide bonds. The minimum atomic E-state index is 0.00520. The maximum Gasteiger partial charge on any atom is 0.258 e. The molecule has 3 rings (SSSR count). The van der Waals surface area contributed by atoms with E-state index < -0.39 is 0 Å². The molecule has 0 radical (unpaired) electrons. The zero-order valence-corrected chi connectivity index (χ0v) is 11.1. The van der Waals surface area contributed by atoms with Gasteiger partial charge in [-0.15, -0.1) is 0 Å². The molecule has 2 heterocycles. The molecule has 96 valence electrons. The molecule has 1 aliphatic heterocycles. The number of carbonyl (C=O) groups is 1. The number of anilines is 1. The van der Waals surface area contributed by atoms with Gasteiger partial charge in [0.2, 0.25) is 0 Å². The van der Waals surface area contributed by atoms with Gasteiger partial charge < -0.3 is 4.90 Å². The van der Waals surface area contributed by atoms with E-state index in [0.717, 1.165) is 30.8 Å². The fourth-order valence-electron chi connectivity index (χ4n) is 2.35. The Morgan fingerprint density at radius 3 is 2.79 bits per heavy atom. The van der Waals surface area contributed by atoms with E-state index >= 15 is 0 Å². The third kappa shape index (κ3) is 2.34. The highest BCUT2D eigenvalue weighted by molar-refractivity contribution is 6.30. The van der Waals surface area contributed by atoms with Crippen molar-refractivity contribution < 1.29 is 4.79 Å². The molecule has 3 nitrogen and oxygen atoms in total. The number of benzene rings is 1. The predicted molar refractivity (Wildman–Crippen MR) is 75.7 cm³/mol. The van der Waals surface area contributed by atoms with Crippen molar-refractivity contribution in [3.63, 3.8) is 0 Å². The summed E-state index contributed by atoms with van der Waals surface area (Å²) in [6.07, 6.45) is 3.65. The van der Waals surface area contributed by atoms with E-state index in [1.54, 1.807) is 35.4 Å². The molecule has 19 heavy (non-hydrogen) atoms. The van der Waals surface area contributed by atoms with Gasteiger partial charge in [0.15, 0.2) is 0 Å². The van der Waals surface area contributed by atoms with Gasteiger partial charge in [0, 0.05) is 23.3 Å². The van der Waals surface area contributed by atoms with Crippen molar-refractivity contribution in [3.8, 4) is 0 Å². The number of hydrogen-bond donors (Lipinski definition) is 0. The Kier molecular flexibility index (Phi) is 3.22. The smallest absolute Gasteiger partial charge is 0.258 e. The fraction of sp³-hybridized carbons (Fsp3) is 0.200. The Bertz CT molecular complexity index is 610. The SMILES string of the molecule is O=C(c1ccc(Cl)cc1)N1CCCc2ncccc21. The minimum absolute atomic E-state index is 0.00520. The van der Waals surface area contributed by atoms with E-state index in [2.05, 4.69) is 4.98 Å². The average molecular weight is 273 g/mol. The van der Waals surface area contributed by atoms with Crippen LogP contribution in [0.2, 0.25) is 5.02 Å². The first-order valence-electron chi connectivity index (χ1n) is 6.27. The summed E-state index contributed by atoms with van der Waals surface area (Å²) in [6.45, 7) is 0.736. The van der Waals surface area contributed by atoms with Crippen LogP contribution in [0.3, 0.4) is 0 Å². The second-order valence-electron chi connectivity index (χ2n) is 4.54. The molecular formula is C15H13ClN2O. The van der Waals surface area contributed by atoms with Crippen LogP contribution < -0.4 is 4.90 Å². The molecule has 0 saturated heterocycles. The van der Waals surface area contributed by atoms with Crippen LogP contribution in [0, 0.1) is 0 Å². The van der Waals surface area contributed by atoms with Crippen LogP contribution in [0.15, 0.2) is 42.6 Å². The summed E-state index contributed by atoms with van der Waals surface area (Å²) in [6, 6.07) is 10.8. The van der Waals surface area contributed by atoms with E-state index in [-0.39, 0.29) is 5.91 Å². The van der Waals surface area contributed by atoms with E-state index in [9.17, 15) is 4.79 Å². The normalized spacial score (nSPS) is 14.1. The van der Waals surface area contributed by atoms with Crippen molar-refractivity contribution in [1.82, 2.24) is 4.98 Å². The third-order valence-electron chi connectivity index (χ3n) is 3.29. The third-order valence-corrected chi connectivity index (χ3v) is 3.54. The number of aryl methyl sites for hydroxylation is 1. The number of hydrogen-bond acceptors (Lipinski definition) is 2. The Morgan fingerprint density at radius 1 is 1.21 bits per heavy atom. The van der Waals surface area contributed by atoms with Crippen molar-refractivity contribution in [2.45, 2.75) is 12.8 Å². The molecule has 0 saturated carbocycles. The summed E-state index contributed by atoms with van der Waals surface area (Å²) in [4.78, 5) is 18.7. The highest BCUT2D eigenvalue weighted by Gasteiger charge is 2.23. The Labute approximate surface area is 116 Å². The Hall–Kier alpha value is -1.87. The van der Waals surface area contributed by atoms with Crippen LogP contribution in [0.1, 0.15) is 22.5 Å². The van der Waals surface area contributed by atoms with Crippen LogP contribution >= 0.6 is 11.6 Å². The summed E-state index contributed by atoms with van der Waals surface area (Å²) in [5.41, 5.74) is 2.57. The number of amides is 1. The molecule has 0 fully saturated rings. The predicted octanol–water partition coefficient (Wildman–Crippen LogP) is 3.33. The fourth-order valence-corrected chi connectivity index (χ4v) is 2.48. The standard InChI is InChI=1S/C15H13ClN2O/c16-12-7-5-11(6-8-12)15(19)18-10-2-3-13-14(18)4-1-9-17-13/h1,4-9H,2-3,10H2. The summed E-state index contributed by atoms with van der Waals surface area (Å²) in [5.74, 6) is 0.00520. The molecule has 1 aromatic carbocycles. The van der Waals surface area contributed by atoms with Crippen LogP contribution in [0.4, 0.5) is 5.69 Å². The van der Waals surface area contributed by atoms with Crippen molar-refractivity contribution in [2.24, 2.45) is 0 Å². The van der Waals surface area contributed by atoms with Gasteiger partial charge in [-0.25, -0.2) is 0 Å². The molecule has 4 heteroatoms. The Balaban J connectivity index is 1.95. The van der Waals surface area contributed by atoms with E-state index in [1.165, 1.54) is 0 Å². The topological polar surface area (TPSA) is 33.2 Å². The van der Waals surface area contributed by atoms with Crippen molar-refractivity contribution >= 4 is 23.2 Å². The molecule has 0 bridgehead atoms. The van der Waals surface area contributed by atoms with Gasteiger partial charge >= 0.3 is 0 Å². The molecule has 2 aromatic rings. The zero-order valence-electron chi connectivity index (χ0n) is 10.3. The number of rotatable bonds is 1. The summed E-state index contributed by atoms with van der Waals surface area (Å²) in [7, 11) is 0. The maximum atomic E-state index is 12.5. The van der Waals surface area contributed by atoms with Gasteiger partial charge in [-0.2, -0.15) is 0 Å². The molecule has 0 unspecified atom stereocenters. The maximum absolute atomic E-state index is 12.5. The van der Waals surface area contributed by atoms with Crippen molar-refractivity contribution in [2.75, 3.05) is 11.4 Å². The lowest BCUT2D eigenvalue weighted by molar-refractivity contribution is 0.0985. The second-order valence-corrected chi connectivity index (χ2v) is 4.97. The van der Waals surface area contributed by atoms with Crippen molar-refractivity contribution in [3.05, 3.63) is 58.9 Å². The zero-order chi connectivity index (χ0) is 13.2. The first-order chi connectivity index (χ1) is 9.25. The molecule has 0 spiro atoms. The van der Waals surface area contributed by atoms with Gasteiger partial charge in [0.1, 0.15) is 0 Å². The highest BCUT2D eigenvalue weighted by atomic mass is 35.5. The van der Waals surface area contributed by atoms with Crippen LogP contribution in [-0.4, -0.2) is 17.4 Å². The highest BCUT2D eigenvalue weighted by Crippen LogP contribution is 2.26. The lowest BCUT2D eigenvalue weighted by Crippen LogP contribution is -2.35. The van der Waals surface area contributed by atoms with Crippen molar-refractivity contribution in [1.29, 1.82) is 0 Å². The summed E-state index contributed by atoms with van der Waals surface area (Å²) in [5, 5.41) is 0.636. The molecular weight excluding hydrogens is 260 g/mol. The van der Waals surface area contributed by atoms with Gasteiger partial charge in [-0.3, -0.25) is 9.78 Å². The van der Waals surface area contributed by atoms with Crippen LogP contribution in [0.5, 0.6) is 0 Å². The van der Waals surface area contributed by atoms with Gasteiger partial charge in [-0.05, 0) is 49.2 Å². The summed E-state index contributed by atoms with van der Waals surface area (Å²) >= 11 is 5.85. The molecule has 1 aromatic heterocycles. The molecule has 0 N–H and O–H groups in total. The largest absolute Gasteiger partial charge is 0.307 e. The number of nitrogens with zero attached hydrogens (tertiary/aromatic N) is 2. The van der Waals surface area contributed by atoms with E-state index in [1.807, 2.05) is 12.1 Å². The first kappa shape index (κ1) is 12.2. The van der Waals surface area contributed by atoms with Crippen LogP contribution in [0.25, 0.3) is 0 Å². The van der Waals surface area contributed by atoms with E-state index in [4.69, 9.17) is 11.6 Å². The Morgan fingerprint density at radius 2 is 2.00 bits per heavy atom. The lowest BCUT2D eigenvalue weighted by Gasteiger charge is -2.28. The molecule has 1 aliphatic rings. The number of aromatic nitrogens is 1. The number of carbonyl (C=O) groups excluding carboxylic acids is 1. The lowest BCUT2D eigenvalue weighted by atomic mass is 10.1. The number of pyridine rings is 1. The quantitative estimate of drug-likeness (QED) is 0.798. The number of halogens is 1. The second kappa shape index (κ2) is 5.02. The molecule has 0 aliphatic carbocycles. The number of fused-ring (bicyclic) bond motifs is 1. The van der Waals surface area contributed by atoms with Gasteiger partial charge in [0.25, 0.3) is 5.91 Å². The average Bonchev–Trinajstić information content (AvgIpc) is 2.47. The van der Waals surface area contributed by atoms with Gasteiger partial charge in [0.05, 0.1) is 11.4 Å². The minimum Gasteiger partial charge on any atom is -0.307 e. The monoisotopic (exact) mass is 272 g/mol. The molecule has 0 atom stereocenters. The first-order valence-corrected chi connectivity index (χ1v) is 6.65. The van der Waals surface area contributed by atoms with Gasteiger partial charge in [-0.1, -0.05) is 11.6 Å². The summed E-state index contributed by atoms with van der Waals surface area (Å²) < 4.78 is 0.